The van der Waals surface area contributed by atoms with Gasteiger partial charge in [0.05, 0.1) is 0 Å². The van der Waals surface area contributed by atoms with Crippen molar-refractivity contribution < 1.29 is 9.18 Å². The zero-order chi connectivity index (χ0) is 21.2. The van der Waals surface area contributed by atoms with Crippen LogP contribution in [0.15, 0.2) is 73.1 Å². The number of carbonyl (C=O) groups is 1. The second-order valence-corrected chi connectivity index (χ2v) is 7.63. The molecule has 0 bridgehead atoms. The number of hydrogen-bond donors (Lipinski definition) is 0. The number of anilines is 1. The first-order chi connectivity index (χ1) is 15.2. The number of aromatic nitrogens is 3. The van der Waals surface area contributed by atoms with Gasteiger partial charge in [0.25, 0.3) is 5.91 Å². The molecule has 0 unspecified atom stereocenters. The fourth-order valence-corrected chi connectivity index (χ4v) is 4.10. The van der Waals surface area contributed by atoms with Crippen molar-refractivity contribution in [2.45, 2.75) is 6.54 Å². The smallest absolute Gasteiger partial charge is 0.270 e. The van der Waals surface area contributed by atoms with Crippen LogP contribution in [0.4, 0.5) is 10.3 Å². The van der Waals surface area contributed by atoms with Crippen molar-refractivity contribution in [2.75, 3.05) is 31.1 Å². The fraction of sp³-hybridized carbons (Fsp3) is 0.208. The van der Waals surface area contributed by atoms with Crippen molar-refractivity contribution in [3.8, 4) is 0 Å². The van der Waals surface area contributed by atoms with E-state index in [-0.39, 0.29) is 11.7 Å². The molecule has 4 aromatic rings. The van der Waals surface area contributed by atoms with Crippen molar-refractivity contribution in [3.63, 3.8) is 0 Å². The Bertz CT molecular complexity index is 1220. The Balaban J connectivity index is 1.41. The minimum Gasteiger partial charge on any atom is -0.337 e. The molecule has 1 aliphatic heterocycles. The Hall–Kier alpha value is -3.74. The van der Waals surface area contributed by atoms with Crippen LogP contribution in [0.5, 0.6) is 0 Å². The van der Waals surface area contributed by atoms with Gasteiger partial charge in [-0.2, -0.15) is 0 Å². The third kappa shape index (κ3) is 3.86. The molecule has 6 nitrogen and oxygen atoms in total. The van der Waals surface area contributed by atoms with E-state index in [9.17, 15) is 9.18 Å². The van der Waals surface area contributed by atoms with E-state index in [1.807, 2.05) is 45.9 Å². The quantitative estimate of drug-likeness (QED) is 0.511. The van der Waals surface area contributed by atoms with Gasteiger partial charge in [-0.05, 0) is 35.9 Å². The van der Waals surface area contributed by atoms with Crippen LogP contribution in [-0.4, -0.2) is 51.5 Å². The minimum absolute atomic E-state index is 0.0127. The highest BCUT2D eigenvalue weighted by molar-refractivity contribution is 5.99. The molecular formula is C24H22FN5O. The summed E-state index contributed by atoms with van der Waals surface area (Å²) in [7, 11) is 0. The molecule has 2 aromatic heterocycles. The predicted octanol–water partition coefficient (Wildman–Crippen LogP) is 3.58. The van der Waals surface area contributed by atoms with Crippen LogP contribution in [0.3, 0.4) is 0 Å². The Morgan fingerprint density at radius 2 is 1.68 bits per heavy atom. The highest BCUT2D eigenvalue weighted by Crippen LogP contribution is 2.23. The predicted molar refractivity (Wildman–Crippen MR) is 118 cm³/mol. The van der Waals surface area contributed by atoms with Gasteiger partial charge in [0.2, 0.25) is 5.95 Å². The number of hydrogen-bond acceptors (Lipinski definition) is 4. The molecule has 31 heavy (non-hydrogen) atoms. The Morgan fingerprint density at radius 3 is 2.45 bits per heavy atom. The molecule has 1 saturated heterocycles. The van der Waals surface area contributed by atoms with Crippen molar-refractivity contribution in [3.05, 3.63) is 90.1 Å². The molecule has 0 aliphatic carbocycles. The lowest BCUT2D eigenvalue weighted by Crippen LogP contribution is -2.49. The third-order valence-corrected chi connectivity index (χ3v) is 5.66. The summed E-state index contributed by atoms with van der Waals surface area (Å²) in [5, 5.41) is 0.999. The largest absolute Gasteiger partial charge is 0.337 e. The average Bonchev–Trinajstić information content (AvgIpc) is 3.18. The molecule has 7 heteroatoms. The number of para-hydroxylation sites is 1. The molecule has 156 valence electrons. The monoisotopic (exact) mass is 415 g/mol. The molecule has 1 aliphatic rings. The first-order valence-electron chi connectivity index (χ1n) is 10.3. The van der Waals surface area contributed by atoms with Crippen LogP contribution in [0, 0.1) is 5.82 Å². The van der Waals surface area contributed by atoms with Gasteiger partial charge in [-0.1, -0.05) is 30.3 Å². The number of halogens is 1. The molecular weight excluding hydrogens is 393 g/mol. The first kappa shape index (κ1) is 19.2. The zero-order valence-corrected chi connectivity index (χ0v) is 17.0. The van der Waals surface area contributed by atoms with E-state index in [1.165, 1.54) is 12.1 Å². The summed E-state index contributed by atoms with van der Waals surface area (Å²) in [6, 6.07) is 18.2. The van der Waals surface area contributed by atoms with E-state index < -0.39 is 0 Å². The van der Waals surface area contributed by atoms with Crippen LogP contribution >= 0.6 is 0 Å². The molecule has 1 amide bonds. The van der Waals surface area contributed by atoms with Gasteiger partial charge in [-0.3, -0.25) is 4.79 Å². The van der Waals surface area contributed by atoms with Crippen LogP contribution in [0.2, 0.25) is 0 Å². The van der Waals surface area contributed by atoms with Crippen molar-refractivity contribution in [1.29, 1.82) is 0 Å². The van der Waals surface area contributed by atoms with Gasteiger partial charge in [0.1, 0.15) is 11.5 Å². The van der Waals surface area contributed by atoms with Gasteiger partial charge >= 0.3 is 0 Å². The summed E-state index contributed by atoms with van der Waals surface area (Å²) >= 11 is 0. The molecule has 3 heterocycles. The zero-order valence-electron chi connectivity index (χ0n) is 17.0. The van der Waals surface area contributed by atoms with Gasteiger partial charge in [-0.25, -0.2) is 14.4 Å². The third-order valence-electron chi connectivity index (χ3n) is 5.66. The summed E-state index contributed by atoms with van der Waals surface area (Å²) < 4.78 is 15.7. The van der Waals surface area contributed by atoms with Gasteiger partial charge < -0.3 is 14.4 Å². The first-order valence-corrected chi connectivity index (χ1v) is 10.3. The van der Waals surface area contributed by atoms with E-state index in [4.69, 9.17) is 0 Å². The summed E-state index contributed by atoms with van der Waals surface area (Å²) in [6.07, 6.45) is 3.45. The van der Waals surface area contributed by atoms with Crippen LogP contribution in [-0.2, 0) is 6.54 Å². The maximum absolute atomic E-state index is 13.7. The topological polar surface area (TPSA) is 54.3 Å². The second kappa shape index (κ2) is 8.18. The number of rotatable bonds is 4. The molecule has 0 N–H and O–H groups in total. The van der Waals surface area contributed by atoms with Crippen LogP contribution in [0.25, 0.3) is 10.9 Å². The summed E-state index contributed by atoms with van der Waals surface area (Å²) in [5.41, 5.74) is 2.41. The van der Waals surface area contributed by atoms with Gasteiger partial charge in [0, 0.05) is 56.0 Å². The summed E-state index contributed by atoms with van der Waals surface area (Å²) in [6.45, 7) is 2.99. The standard InChI is InChI=1S/C24H22FN5O/c25-20-7-3-5-18(15-20)17-30-21-8-2-1-6-19(21)16-22(30)23(31)28-11-13-29(14-12-28)24-26-9-4-10-27-24/h1-10,15-16H,11-14,17H2. The Morgan fingerprint density at radius 1 is 0.903 bits per heavy atom. The van der Waals surface area contributed by atoms with Crippen molar-refractivity contribution in [2.24, 2.45) is 0 Å². The van der Waals surface area contributed by atoms with E-state index >= 15 is 0 Å². The van der Waals surface area contributed by atoms with Crippen LogP contribution < -0.4 is 4.90 Å². The SMILES string of the molecule is O=C(c1cc2ccccc2n1Cc1cccc(F)c1)N1CCN(c2ncccn2)CC1. The van der Waals surface area contributed by atoms with E-state index in [0.29, 0.717) is 44.4 Å². The molecule has 2 aromatic carbocycles. The number of fused-ring (bicyclic) bond motifs is 1. The molecule has 0 radical (unpaired) electrons. The number of nitrogens with zero attached hydrogens (tertiary/aromatic N) is 5. The Labute approximate surface area is 179 Å². The molecule has 0 atom stereocenters. The van der Waals surface area contributed by atoms with E-state index in [2.05, 4.69) is 14.9 Å². The minimum atomic E-state index is -0.277. The number of benzene rings is 2. The maximum atomic E-state index is 13.7. The number of amides is 1. The lowest BCUT2D eigenvalue weighted by atomic mass is 10.2. The second-order valence-electron chi connectivity index (χ2n) is 7.63. The van der Waals surface area contributed by atoms with Gasteiger partial charge in [-0.15, -0.1) is 0 Å². The fourth-order valence-electron chi connectivity index (χ4n) is 4.10. The molecule has 5 rings (SSSR count). The van der Waals surface area contributed by atoms with E-state index in [1.54, 1.807) is 24.5 Å². The van der Waals surface area contributed by atoms with Gasteiger partial charge in [0.15, 0.2) is 0 Å². The van der Waals surface area contributed by atoms with Crippen LogP contribution in [0.1, 0.15) is 16.1 Å². The number of carbonyl (C=O) groups excluding carboxylic acids is 1. The molecule has 0 saturated carbocycles. The molecule has 1 fully saturated rings. The average molecular weight is 415 g/mol. The highest BCUT2D eigenvalue weighted by atomic mass is 19.1. The maximum Gasteiger partial charge on any atom is 0.270 e. The number of piperazine rings is 1. The lowest BCUT2D eigenvalue weighted by molar-refractivity contribution is 0.0736. The lowest BCUT2D eigenvalue weighted by Gasteiger charge is -2.34. The van der Waals surface area contributed by atoms with E-state index in [0.717, 1.165) is 16.5 Å². The summed E-state index contributed by atoms with van der Waals surface area (Å²) in [4.78, 5) is 26.0. The van der Waals surface area contributed by atoms with Crippen molar-refractivity contribution in [1.82, 2.24) is 19.4 Å². The van der Waals surface area contributed by atoms with Crippen molar-refractivity contribution >= 4 is 22.8 Å². The summed E-state index contributed by atoms with van der Waals surface area (Å²) in [5.74, 6) is 0.400. The normalized spacial score (nSPS) is 14.2. The Kier molecular flexibility index (Phi) is 5.08. The molecule has 0 spiro atoms. The highest BCUT2D eigenvalue weighted by Gasteiger charge is 2.26.